The maximum atomic E-state index is 13.8. The summed E-state index contributed by atoms with van der Waals surface area (Å²) in [6.45, 7) is 0. The number of hydrogen-bond acceptors (Lipinski definition) is 5. The molecule has 1 aliphatic carbocycles. The Balaban J connectivity index is 1.68. The van der Waals surface area contributed by atoms with E-state index in [0.717, 1.165) is 32.1 Å². The summed E-state index contributed by atoms with van der Waals surface area (Å²) in [5.41, 5.74) is 7.09. The molecule has 1 heterocycles. The monoisotopic (exact) mass is 585 g/mol. The van der Waals surface area contributed by atoms with Gasteiger partial charge in [-0.1, -0.05) is 73.3 Å². The molecule has 4 aromatic rings. The first-order valence-electron chi connectivity index (χ1n) is 12.6. The smallest absolute Gasteiger partial charge is 0.242 e. The summed E-state index contributed by atoms with van der Waals surface area (Å²) in [6, 6.07) is 18.8. The van der Waals surface area contributed by atoms with Gasteiger partial charge < -0.3 is 10.7 Å². The molecule has 0 aliphatic heterocycles. The number of nitrogens with two attached hydrogens (primary N) is 1. The highest BCUT2D eigenvalue weighted by Crippen LogP contribution is 2.41. The van der Waals surface area contributed by atoms with Gasteiger partial charge in [-0.05, 0) is 48.7 Å². The van der Waals surface area contributed by atoms with Crippen molar-refractivity contribution in [2.24, 2.45) is 5.73 Å². The van der Waals surface area contributed by atoms with Crippen molar-refractivity contribution in [1.82, 2.24) is 9.71 Å². The lowest BCUT2D eigenvalue weighted by Crippen LogP contribution is -2.36. The second kappa shape index (κ2) is 10.8. The number of carbonyl (C=O) groups excluding carboxylic acids is 1. The van der Waals surface area contributed by atoms with Crippen LogP contribution >= 0.6 is 11.6 Å². The van der Waals surface area contributed by atoms with Crippen LogP contribution in [0.2, 0.25) is 5.02 Å². The van der Waals surface area contributed by atoms with Gasteiger partial charge in [0.05, 0.1) is 15.6 Å². The van der Waals surface area contributed by atoms with Gasteiger partial charge in [-0.2, -0.15) is 0 Å². The molecule has 5 rings (SSSR count). The Morgan fingerprint density at radius 2 is 1.59 bits per heavy atom. The van der Waals surface area contributed by atoms with E-state index < -0.39 is 31.0 Å². The lowest BCUT2D eigenvalue weighted by Gasteiger charge is -2.23. The number of benzene rings is 3. The molecule has 1 unspecified atom stereocenters. The van der Waals surface area contributed by atoms with Gasteiger partial charge >= 0.3 is 0 Å². The van der Waals surface area contributed by atoms with E-state index in [1.54, 1.807) is 48.5 Å². The summed E-state index contributed by atoms with van der Waals surface area (Å²) < 4.78 is 57.0. The Morgan fingerprint density at radius 1 is 0.923 bits per heavy atom. The summed E-state index contributed by atoms with van der Waals surface area (Å²) in [4.78, 5) is 15.9. The number of carbonyl (C=O) groups is 1. The molecule has 1 amide bonds. The predicted octanol–water partition coefficient (Wildman–Crippen LogP) is 5.10. The third-order valence-electron chi connectivity index (χ3n) is 7.09. The van der Waals surface area contributed by atoms with Gasteiger partial charge in [0, 0.05) is 22.5 Å². The average molecular weight is 586 g/mol. The Labute approximate surface area is 232 Å². The molecule has 0 bridgehead atoms. The molecule has 204 valence electrons. The molecule has 0 saturated heterocycles. The van der Waals surface area contributed by atoms with Crippen LogP contribution in [-0.2, 0) is 24.7 Å². The number of fused-ring (bicyclic) bond motifs is 1. The summed E-state index contributed by atoms with van der Waals surface area (Å²) in [5.74, 6) is -1.05. The summed E-state index contributed by atoms with van der Waals surface area (Å²) in [6.07, 6.45) is 4.47. The number of halogens is 1. The zero-order valence-corrected chi connectivity index (χ0v) is 23.3. The molecule has 1 aromatic heterocycles. The molecular weight excluding hydrogens is 558 g/mol. The minimum atomic E-state index is -4.26. The van der Waals surface area contributed by atoms with E-state index >= 15 is 0 Å². The topological polar surface area (TPSA) is 139 Å². The molecular formula is C28H28ClN3O5S2. The van der Waals surface area contributed by atoms with Gasteiger partial charge in [0.1, 0.15) is 4.90 Å². The van der Waals surface area contributed by atoms with E-state index in [-0.39, 0.29) is 32.1 Å². The highest BCUT2D eigenvalue weighted by molar-refractivity contribution is 7.92. The van der Waals surface area contributed by atoms with Crippen LogP contribution in [0.5, 0.6) is 0 Å². The Hall–Kier alpha value is -3.18. The fraction of sp³-hybridized carbons (Fsp3) is 0.250. The zero-order valence-electron chi connectivity index (χ0n) is 20.9. The number of nitrogens with one attached hydrogen (secondary N) is 2. The van der Waals surface area contributed by atoms with Crippen molar-refractivity contribution in [2.45, 2.75) is 53.2 Å². The van der Waals surface area contributed by atoms with Crippen LogP contribution in [0.4, 0.5) is 0 Å². The molecule has 0 radical (unpaired) electrons. The quantitative estimate of drug-likeness (QED) is 0.264. The minimum Gasteiger partial charge on any atom is -0.368 e. The van der Waals surface area contributed by atoms with Crippen molar-refractivity contribution in [3.8, 4) is 11.3 Å². The molecule has 1 aliphatic rings. The first-order valence-corrected chi connectivity index (χ1v) is 16.0. The van der Waals surface area contributed by atoms with Gasteiger partial charge in [0.15, 0.2) is 15.1 Å². The fourth-order valence-corrected chi connectivity index (χ4v) is 8.73. The lowest BCUT2D eigenvalue weighted by atomic mass is 9.96. The van der Waals surface area contributed by atoms with Crippen LogP contribution in [0.25, 0.3) is 22.2 Å². The summed E-state index contributed by atoms with van der Waals surface area (Å²) >= 11 is 6.37. The van der Waals surface area contributed by atoms with Crippen LogP contribution in [0.1, 0.15) is 42.9 Å². The van der Waals surface area contributed by atoms with Crippen molar-refractivity contribution in [3.63, 3.8) is 0 Å². The third-order valence-corrected chi connectivity index (χ3v) is 11.1. The Kier molecular flexibility index (Phi) is 7.56. The second-order valence-electron chi connectivity index (χ2n) is 9.70. The van der Waals surface area contributed by atoms with Crippen molar-refractivity contribution in [2.75, 3.05) is 0 Å². The molecule has 39 heavy (non-hydrogen) atoms. The summed E-state index contributed by atoms with van der Waals surface area (Å²) in [7, 11) is -8.24. The van der Waals surface area contributed by atoms with Crippen LogP contribution in [-0.4, -0.2) is 33.8 Å². The molecule has 11 heteroatoms. The Morgan fingerprint density at radius 3 is 2.28 bits per heavy atom. The maximum absolute atomic E-state index is 13.8. The normalized spacial score (nSPS) is 15.8. The van der Waals surface area contributed by atoms with E-state index in [9.17, 15) is 21.6 Å². The number of amides is 1. The molecule has 0 spiro atoms. The second-order valence-corrected chi connectivity index (χ2v) is 13.8. The van der Waals surface area contributed by atoms with Crippen molar-refractivity contribution in [1.29, 1.82) is 0 Å². The number of sulfone groups is 1. The van der Waals surface area contributed by atoms with E-state index in [4.69, 9.17) is 17.3 Å². The van der Waals surface area contributed by atoms with Crippen molar-refractivity contribution >= 4 is 48.3 Å². The van der Waals surface area contributed by atoms with E-state index in [1.165, 1.54) is 24.3 Å². The standard InChI is InChI=1S/C28H28ClN3O5S2/c29-22-16-15-18(17-24(22)39(36,37)32-19-9-3-1-4-10-19)26-25(21-13-7-8-14-23(21)31-26)27(28(30)33)38(34,35)20-11-5-2-6-12-20/h2,5-8,11-17,19,27,31-32H,1,3-4,9-10H2,(H2,30,33). The highest BCUT2D eigenvalue weighted by atomic mass is 35.5. The number of rotatable bonds is 8. The van der Waals surface area contributed by atoms with Gasteiger partial charge in [0.25, 0.3) is 0 Å². The molecule has 1 saturated carbocycles. The number of sulfonamides is 1. The largest absolute Gasteiger partial charge is 0.368 e. The Bertz CT molecular complexity index is 1750. The number of hydrogen-bond donors (Lipinski definition) is 3. The van der Waals surface area contributed by atoms with Crippen LogP contribution < -0.4 is 10.5 Å². The third kappa shape index (κ3) is 5.34. The molecule has 3 aromatic carbocycles. The van der Waals surface area contributed by atoms with E-state index in [1.807, 2.05) is 0 Å². The number of H-pyrrole nitrogens is 1. The van der Waals surface area contributed by atoms with E-state index in [0.29, 0.717) is 16.5 Å². The van der Waals surface area contributed by atoms with E-state index in [2.05, 4.69) is 9.71 Å². The molecule has 8 nitrogen and oxygen atoms in total. The van der Waals surface area contributed by atoms with Crippen LogP contribution in [0.3, 0.4) is 0 Å². The van der Waals surface area contributed by atoms with Crippen LogP contribution in [0.15, 0.2) is 82.6 Å². The van der Waals surface area contributed by atoms with Gasteiger partial charge in [-0.25, -0.2) is 21.6 Å². The lowest BCUT2D eigenvalue weighted by molar-refractivity contribution is -0.117. The van der Waals surface area contributed by atoms with Crippen LogP contribution in [0, 0.1) is 0 Å². The maximum Gasteiger partial charge on any atom is 0.242 e. The zero-order chi connectivity index (χ0) is 27.8. The minimum absolute atomic E-state index is 0.0306. The highest BCUT2D eigenvalue weighted by Gasteiger charge is 2.38. The number of primary amides is 1. The van der Waals surface area contributed by atoms with Crippen molar-refractivity contribution < 1.29 is 21.6 Å². The first kappa shape index (κ1) is 27.4. The first-order chi connectivity index (χ1) is 18.6. The molecule has 4 N–H and O–H groups in total. The number of aromatic amines is 1. The average Bonchev–Trinajstić information content (AvgIpc) is 3.28. The predicted molar refractivity (Wildman–Crippen MR) is 152 cm³/mol. The SMILES string of the molecule is NC(=O)C(c1c(-c2ccc(Cl)c(S(=O)(=O)NC3CCCCC3)c2)[nH]c2ccccc12)S(=O)(=O)c1ccccc1. The number of aromatic nitrogens is 1. The number of para-hydroxylation sites is 1. The van der Waals surface area contributed by atoms with Gasteiger partial charge in [-0.15, -0.1) is 0 Å². The van der Waals surface area contributed by atoms with Gasteiger partial charge in [-0.3, -0.25) is 4.79 Å². The van der Waals surface area contributed by atoms with Gasteiger partial charge in [0.2, 0.25) is 15.9 Å². The van der Waals surface area contributed by atoms with Crippen molar-refractivity contribution in [3.05, 3.63) is 83.4 Å². The summed E-state index contributed by atoms with van der Waals surface area (Å²) in [5, 5.41) is -1.22. The fourth-order valence-electron chi connectivity index (χ4n) is 5.23. The molecule has 1 fully saturated rings. The molecule has 1 atom stereocenters.